The normalized spacial score (nSPS) is 10.6. The van der Waals surface area contributed by atoms with E-state index in [1.807, 2.05) is 32.0 Å². The summed E-state index contributed by atoms with van der Waals surface area (Å²) in [5, 5.41) is 3.92. The highest BCUT2D eigenvalue weighted by atomic mass is 16.5. The van der Waals surface area contributed by atoms with Gasteiger partial charge >= 0.3 is 5.97 Å². The van der Waals surface area contributed by atoms with Gasteiger partial charge in [0, 0.05) is 0 Å². The first-order valence-corrected chi connectivity index (χ1v) is 10.6. The second kappa shape index (κ2) is 12.0. The van der Waals surface area contributed by atoms with Gasteiger partial charge in [-0.2, -0.15) is 5.10 Å². The van der Waals surface area contributed by atoms with E-state index in [2.05, 4.69) is 10.5 Å². The van der Waals surface area contributed by atoms with E-state index in [1.54, 1.807) is 54.6 Å². The number of hydrogen-bond acceptors (Lipinski definition) is 6. The summed E-state index contributed by atoms with van der Waals surface area (Å²) < 4.78 is 16.4. The number of carbonyl (C=O) groups is 2. The molecule has 0 bridgehead atoms. The van der Waals surface area contributed by atoms with E-state index >= 15 is 0 Å². The first-order valence-electron chi connectivity index (χ1n) is 10.6. The van der Waals surface area contributed by atoms with Crippen LogP contribution in [0.3, 0.4) is 0 Å². The highest BCUT2D eigenvalue weighted by Crippen LogP contribution is 2.17. The molecule has 3 rings (SSSR count). The number of hydrazone groups is 1. The lowest BCUT2D eigenvalue weighted by Crippen LogP contribution is -2.24. The van der Waals surface area contributed by atoms with Crippen molar-refractivity contribution in [3.8, 4) is 17.2 Å². The molecule has 0 fully saturated rings. The molecule has 170 valence electrons. The minimum Gasteiger partial charge on any atom is -0.494 e. The molecule has 0 spiro atoms. The fourth-order valence-electron chi connectivity index (χ4n) is 2.77. The SMILES string of the molecule is CCCOc1ccc(C(=O)Oc2ccc(/C=N\NC(=O)COc3ccccc3C)cc2)cc1. The van der Waals surface area contributed by atoms with Gasteiger partial charge in [-0.25, -0.2) is 10.2 Å². The minimum atomic E-state index is -0.459. The summed E-state index contributed by atoms with van der Waals surface area (Å²) in [5.41, 5.74) is 4.53. The maximum Gasteiger partial charge on any atom is 0.343 e. The summed E-state index contributed by atoms with van der Waals surface area (Å²) in [6.45, 7) is 4.43. The number of nitrogens with one attached hydrogen (secondary N) is 1. The molecule has 0 saturated heterocycles. The molecule has 0 aromatic heterocycles. The topological polar surface area (TPSA) is 86.2 Å². The number of amides is 1. The summed E-state index contributed by atoms with van der Waals surface area (Å²) in [6, 6.07) is 21.0. The monoisotopic (exact) mass is 446 g/mol. The zero-order valence-corrected chi connectivity index (χ0v) is 18.6. The lowest BCUT2D eigenvalue weighted by molar-refractivity contribution is -0.123. The number of ether oxygens (including phenoxy) is 3. The summed E-state index contributed by atoms with van der Waals surface area (Å²) >= 11 is 0. The number of para-hydroxylation sites is 1. The number of hydrogen-bond donors (Lipinski definition) is 1. The molecule has 0 heterocycles. The van der Waals surface area contributed by atoms with Gasteiger partial charge in [-0.05, 0) is 79.1 Å². The lowest BCUT2D eigenvalue weighted by atomic mass is 10.2. The summed E-state index contributed by atoms with van der Waals surface area (Å²) in [6.07, 6.45) is 2.41. The first kappa shape index (κ1) is 23.5. The predicted molar refractivity (Wildman–Crippen MR) is 126 cm³/mol. The average Bonchev–Trinajstić information content (AvgIpc) is 2.83. The van der Waals surface area contributed by atoms with Crippen LogP contribution in [0.5, 0.6) is 17.2 Å². The third-order valence-electron chi connectivity index (χ3n) is 4.51. The van der Waals surface area contributed by atoms with E-state index in [-0.39, 0.29) is 12.5 Å². The van der Waals surface area contributed by atoms with Gasteiger partial charge in [-0.1, -0.05) is 25.1 Å². The van der Waals surface area contributed by atoms with Gasteiger partial charge in [0.25, 0.3) is 5.91 Å². The molecule has 3 aromatic carbocycles. The van der Waals surface area contributed by atoms with Crippen molar-refractivity contribution in [3.63, 3.8) is 0 Å². The summed E-state index contributed by atoms with van der Waals surface area (Å²) in [7, 11) is 0. The Morgan fingerprint density at radius 1 is 0.909 bits per heavy atom. The van der Waals surface area contributed by atoms with Crippen molar-refractivity contribution in [1.82, 2.24) is 5.43 Å². The van der Waals surface area contributed by atoms with Crippen molar-refractivity contribution >= 4 is 18.1 Å². The molecule has 1 N–H and O–H groups in total. The summed E-state index contributed by atoms with van der Waals surface area (Å²) in [4.78, 5) is 24.2. The number of carbonyl (C=O) groups excluding carboxylic acids is 2. The zero-order valence-electron chi connectivity index (χ0n) is 18.6. The number of esters is 1. The Morgan fingerprint density at radius 2 is 1.61 bits per heavy atom. The largest absolute Gasteiger partial charge is 0.494 e. The molecule has 1 amide bonds. The second-order valence-corrected chi connectivity index (χ2v) is 7.18. The molecule has 0 unspecified atom stereocenters. The van der Waals surface area contributed by atoms with Crippen LogP contribution in [-0.4, -0.2) is 31.3 Å². The molecule has 0 aliphatic heterocycles. The molecular formula is C26H26N2O5. The molecule has 0 aliphatic carbocycles. The van der Waals surface area contributed by atoms with Gasteiger partial charge in [-0.15, -0.1) is 0 Å². The van der Waals surface area contributed by atoms with Gasteiger partial charge in [0.05, 0.1) is 18.4 Å². The molecule has 0 atom stereocenters. The summed E-state index contributed by atoms with van der Waals surface area (Å²) in [5.74, 6) is 0.943. The third kappa shape index (κ3) is 7.50. The Morgan fingerprint density at radius 3 is 2.30 bits per heavy atom. The van der Waals surface area contributed by atoms with E-state index in [4.69, 9.17) is 14.2 Å². The first-order chi connectivity index (χ1) is 16.0. The number of nitrogens with zero attached hydrogens (tertiary/aromatic N) is 1. The quantitative estimate of drug-likeness (QED) is 0.214. The van der Waals surface area contributed by atoms with E-state index in [0.717, 1.165) is 17.5 Å². The maximum atomic E-state index is 12.3. The second-order valence-electron chi connectivity index (χ2n) is 7.18. The fourth-order valence-corrected chi connectivity index (χ4v) is 2.77. The zero-order chi connectivity index (χ0) is 23.5. The average molecular weight is 447 g/mol. The highest BCUT2D eigenvalue weighted by molar-refractivity contribution is 5.91. The maximum absolute atomic E-state index is 12.3. The van der Waals surface area contributed by atoms with Gasteiger partial charge in [0.1, 0.15) is 17.2 Å². The Kier molecular flexibility index (Phi) is 8.59. The van der Waals surface area contributed by atoms with Crippen LogP contribution in [-0.2, 0) is 4.79 Å². The van der Waals surface area contributed by atoms with Gasteiger partial charge in [0.15, 0.2) is 6.61 Å². The Balaban J connectivity index is 1.45. The molecule has 33 heavy (non-hydrogen) atoms. The van der Waals surface area contributed by atoms with E-state index < -0.39 is 5.97 Å². The van der Waals surface area contributed by atoms with E-state index in [1.165, 1.54) is 6.21 Å². The molecule has 7 heteroatoms. The van der Waals surface area contributed by atoms with Crippen molar-refractivity contribution in [2.75, 3.05) is 13.2 Å². The van der Waals surface area contributed by atoms with Crippen LogP contribution in [0.25, 0.3) is 0 Å². The third-order valence-corrected chi connectivity index (χ3v) is 4.51. The van der Waals surface area contributed by atoms with Crippen molar-refractivity contribution in [3.05, 3.63) is 89.5 Å². The predicted octanol–water partition coefficient (Wildman–Crippen LogP) is 4.53. The van der Waals surface area contributed by atoms with Gasteiger partial charge in [0.2, 0.25) is 0 Å². The molecule has 3 aromatic rings. The van der Waals surface area contributed by atoms with Crippen LogP contribution in [0.2, 0.25) is 0 Å². The van der Waals surface area contributed by atoms with Crippen LogP contribution in [0.15, 0.2) is 77.9 Å². The van der Waals surface area contributed by atoms with Crippen molar-refractivity contribution < 1.29 is 23.8 Å². The number of rotatable bonds is 10. The van der Waals surface area contributed by atoms with E-state index in [9.17, 15) is 9.59 Å². The van der Waals surface area contributed by atoms with Crippen molar-refractivity contribution in [1.29, 1.82) is 0 Å². The van der Waals surface area contributed by atoms with Gasteiger partial charge < -0.3 is 14.2 Å². The standard InChI is InChI=1S/C26H26N2O5/c1-3-16-31-22-14-10-21(11-15-22)26(30)33-23-12-8-20(9-13-23)17-27-28-25(29)18-32-24-7-5-4-6-19(24)2/h4-15,17H,3,16,18H2,1-2H3,(H,28,29)/b27-17-. The van der Waals surface area contributed by atoms with Crippen LogP contribution in [0.4, 0.5) is 0 Å². The van der Waals surface area contributed by atoms with Crippen LogP contribution in [0, 0.1) is 6.92 Å². The molecular weight excluding hydrogens is 420 g/mol. The highest BCUT2D eigenvalue weighted by Gasteiger charge is 2.09. The van der Waals surface area contributed by atoms with Crippen molar-refractivity contribution in [2.45, 2.75) is 20.3 Å². The minimum absolute atomic E-state index is 0.136. The van der Waals surface area contributed by atoms with Crippen LogP contribution >= 0.6 is 0 Å². The molecule has 7 nitrogen and oxygen atoms in total. The lowest BCUT2D eigenvalue weighted by Gasteiger charge is -2.07. The Hall–Kier alpha value is -4.13. The van der Waals surface area contributed by atoms with Crippen LogP contribution in [0.1, 0.15) is 34.8 Å². The van der Waals surface area contributed by atoms with E-state index in [0.29, 0.717) is 29.4 Å². The number of aryl methyl sites for hydroxylation is 1. The molecule has 0 radical (unpaired) electrons. The van der Waals surface area contributed by atoms with Crippen LogP contribution < -0.4 is 19.6 Å². The molecule has 0 saturated carbocycles. The smallest absolute Gasteiger partial charge is 0.343 e. The van der Waals surface area contributed by atoms with Crippen molar-refractivity contribution in [2.24, 2.45) is 5.10 Å². The number of benzene rings is 3. The fraction of sp³-hybridized carbons (Fsp3) is 0.192. The van der Waals surface area contributed by atoms with Gasteiger partial charge in [-0.3, -0.25) is 4.79 Å². The Bertz CT molecular complexity index is 1090. The molecule has 0 aliphatic rings. The Labute approximate surface area is 193 Å².